The zero-order valence-electron chi connectivity index (χ0n) is 23.1. The lowest BCUT2D eigenvalue weighted by atomic mass is 9.84. The van der Waals surface area contributed by atoms with Gasteiger partial charge in [0, 0.05) is 24.1 Å². The van der Waals surface area contributed by atoms with Gasteiger partial charge in [0.25, 0.3) is 5.91 Å². The van der Waals surface area contributed by atoms with Gasteiger partial charge in [0.2, 0.25) is 11.8 Å². The molecule has 4 rings (SSSR count). The van der Waals surface area contributed by atoms with Crippen LogP contribution in [0.25, 0.3) is 0 Å². The Morgan fingerprint density at radius 3 is 2.54 bits per heavy atom. The Labute approximate surface area is 239 Å². The Bertz CT molecular complexity index is 1450. The summed E-state index contributed by atoms with van der Waals surface area (Å²) >= 11 is 0. The third-order valence-corrected chi connectivity index (χ3v) is 6.83. The number of benzene rings is 3. The summed E-state index contributed by atoms with van der Waals surface area (Å²) in [6, 6.07) is 26.3. The van der Waals surface area contributed by atoms with Crippen molar-refractivity contribution in [2.24, 2.45) is 11.0 Å². The van der Waals surface area contributed by atoms with Crippen LogP contribution in [0.3, 0.4) is 0 Å². The molecular weight excluding hydrogens is 520 g/mol. The van der Waals surface area contributed by atoms with Gasteiger partial charge >= 0.3 is 5.97 Å². The number of rotatable bonds is 11. The van der Waals surface area contributed by atoms with Crippen LogP contribution in [0.2, 0.25) is 0 Å². The molecule has 9 heteroatoms. The fraction of sp³-hybridized carbons (Fsp3) is 0.281. The molecule has 0 saturated carbocycles. The third kappa shape index (κ3) is 7.79. The van der Waals surface area contributed by atoms with E-state index in [1.165, 1.54) is 12.1 Å². The number of methoxy groups -OCH3 is 1. The molecule has 0 bridgehead atoms. The Morgan fingerprint density at radius 2 is 1.83 bits per heavy atom. The SMILES string of the molecule is COC(=O)CCc1cccc(NC(=O)C(c2ccc(CN3N=C(c4ccccc4)OCC3=O)cc2)C(C)CC#N)c1. The highest BCUT2D eigenvalue weighted by Gasteiger charge is 2.28. The Kier molecular flexibility index (Phi) is 9.84. The summed E-state index contributed by atoms with van der Waals surface area (Å²) < 4.78 is 10.2. The van der Waals surface area contributed by atoms with Crippen molar-refractivity contribution < 1.29 is 23.9 Å². The molecule has 2 unspecified atom stereocenters. The highest BCUT2D eigenvalue weighted by molar-refractivity contribution is 5.98. The number of nitrogens with one attached hydrogen (secondary N) is 1. The van der Waals surface area contributed by atoms with Gasteiger partial charge in [-0.1, -0.05) is 61.5 Å². The van der Waals surface area contributed by atoms with Gasteiger partial charge in [-0.15, -0.1) is 5.10 Å². The highest BCUT2D eigenvalue weighted by atomic mass is 16.5. The first kappa shape index (κ1) is 29.0. The number of esters is 1. The third-order valence-electron chi connectivity index (χ3n) is 6.83. The minimum atomic E-state index is -0.574. The molecule has 9 nitrogen and oxygen atoms in total. The maximum Gasteiger partial charge on any atom is 0.305 e. The first-order valence-corrected chi connectivity index (χ1v) is 13.4. The molecule has 1 N–H and O–H groups in total. The fourth-order valence-corrected chi connectivity index (χ4v) is 4.62. The van der Waals surface area contributed by atoms with Gasteiger partial charge in [-0.2, -0.15) is 5.26 Å². The van der Waals surface area contributed by atoms with Gasteiger partial charge < -0.3 is 14.8 Å². The van der Waals surface area contributed by atoms with Crippen molar-refractivity contribution in [2.75, 3.05) is 19.0 Å². The Hall–Kier alpha value is -4.97. The molecule has 0 spiro atoms. The number of ether oxygens (including phenoxy) is 2. The van der Waals surface area contributed by atoms with Gasteiger partial charge in [-0.25, -0.2) is 5.01 Å². The average Bonchev–Trinajstić information content (AvgIpc) is 2.99. The van der Waals surface area contributed by atoms with Crippen molar-refractivity contribution in [3.8, 4) is 6.07 Å². The fourth-order valence-electron chi connectivity index (χ4n) is 4.62. The lowest BCUT2D eigenvalue weighted by Gasteiger charge is -2.25. The van der Waals surface area contributed by atoms with Crippen molar-refractivity contribution >= 4 is 29.4 Å². The van der Waals surface area contributed by atoms with Crippen molar-refractivity contribution in [1.29, 1.82) is 5.26 Å². The lowest BCUT2D eigenvalue weighted by molar-refractivity contribution is -0.140. The summed E-state index contributed by atoms with van der Waals surface area (Å²) in [5.74, 6) is -1.20. The molecule has 3 aromatic carbocycles. The van der Waals surface area contributed by atoms with Crippen LogP contribution in [0, 0.1) is 17.2 Å². The highest BCUT2D eigenvalue weighted by Crippen LogP contribution is 2.29. The molecule has 3 aromatic rings. The summed E-state index contributed by atoms with van der Waals surface area (Å²) in [4.78, 5) is 37.5. The van der Waals surface area contributed by atoms with Crippen LogP contribution in [-0.4, -0.2) is 42.4 Å². The number of aryl methyl sites for hydroxylation is 1. The molecule has 0 aromatic heterocycles. The molecule has 2 atom stereocenters. The van der Waals surface area contributed by atoms with Crippen molar-refractivity contribution in [3.63, 3.8) is 0 Å². The number of carbonyl (C=O) groups excluding carboxylic acids is 3. The Balaban J connectivity index is 1.48. The first-order chi connectivity index (χ1) is 19.9. The van der Waals surface area contributed by atoms with Crippen LogP contribution in [0.15, 0.2) is 84.0 Å². The summed E-state index contributed by atoms with van der Waals surface area (Å²) in [6.45, 7) is 2.03. The zero-order chi connectivity index (χ0) is 29.2. The normalized spacial score (nSPS) is 14.2. The zero-order valence-corrected chi connectivity index (χ0v) is 23.1. The van der Waals surface area contributed by atoms with E-state index in [1.54, 1.807) is 6.07 Å². The van der Waals surface area contributed by atoms with Gasteiger partial charge in [0.1, 0.15) is 0 Å². The number of nitriles is 1. The topological polar surface area (TPSA) is 121 Å². The molecule has 0 fully saturated rings. The molecular formula is C32H32N4O5. The number of carbonyl (C=O) groups is 3. The van der Waals surface area contributed by atoms with E-state index in [-0.39, 0.29) is 49.7 Å². The standard InChI is InChI=1S/C32H32N4O5/c1-22(17-18-33)30(31(39)34-27-10-6-7-23(19-27)13-16-29(38)40-2)25-14-11-24(12-15-25)20-36-28(37)21-41-32(35-36)26-8-4-3-5-9-26/h3-12,14-15,19,22,30H,13,16-17,20-21H2,1-2H3,(H,34,39). The smallest absolute Gasteiger partial charge is 0.305 e. The number of hydrogen-bond acceptors (Lipinski definition) is 7. The van der Waals surface area contributed by atoms with Gasteiger partial charge in [0.15, 0.2) is 6.61 Å². The number of nitrogens with zero attached hydrogens (tertiary/aromatic N) is 3. The van der Waals surface area contributed by atoms with Crippen LogP contribution >= 0.6 is 0 Å². The summed E-state index contributed by atoms with van der Waals surface area (Å²) in [6.07, 6.45) is 0.948. The largest absolute Gasteiger partial charge is 0.469 e. The van der Waals surface area contributed by atoms with E-state index in [1.807, 2.05) is 79.7 Å². The monoisotopic (exact) mass is 552 g/mol. The number of hydrogen-bond donors (Lipinski definition) is 1. The maximum absolute atomic E-state index is 13.5. The van der Waals surface area contributed by atoms with E-state index in [4.69, 9.17) is 9.47 Å². The van der Waals surface area contributed by atoms with E-state index in [2.05, 4.69) is 16.5 Å². The van der Waals surface area contributed by atoms with Crippen molar-refractivity contribution in [2.45, 2.75) is 38.6 Å². The molecule has 2 amide bonds. The van der Waals surface area contributed by atoms with Crippen molar-refractivity contribution in [1.82, 2.24) is 5.01 Å². The first-order valence-electron chi connectivity index (χ1n) is 13.4. The summed E-state index contributed by atoms with van der Waals surface area (Å²) in [5, 5.41) is 18.1. The van der Waals surface area contributed by atoms with Gasteiger partial charge in [0.05, 0.1) is 25.6 Å². The minimum absolute atomic E-state index is 0.0936. The average molecular weight is 553 g/mol. The number of anilines is 1. The van der Waals surface area contributed by atoms with E-state index >= 15 is 0 Å². The minimum Gasteiger partial charge on any atom is -0.469 e. The predicted octanol–water partition coefficient (Wildman–Crippen LogP) is 4.78. The number of amides is 2. The molecule has 41 heavy (non-hydrogen) atoms. The maximum atomic E-state index is 13.5. The Morgan fingerprint density at radius 1 is 1.07 bits per heavy atom. The predicted molar refractivity (Wildman–Crippen MR) is 153 cm³/mol. The van der Waals surface area contributed by atoms with E-state index in [9.17, 15) is 19.6 Å². The second-order valence-corrected chi connectivity index (χ2v) is 9.84. The van der Waals surface area contributed by atoms with Gasteiger partial charge in [-0.05, 0) is 53.3 Å². The van der Waals surface area contributed by atoms with E-state index < -0.39 is 5.92 Å². The second kappa shape index (κ2) is 13.9. The molecule has 0 radical (unpaired) electrons. The van der Waals surface area contributed by atoms with E-state index in [0.717, 1.165) is 22.3 Å². The van der Waals surface area contributed by atoms with E-state index in [0.29, 0.717) is 18.0 Å². The number of hydrazone groups is 1. The van der Waals surface area contributed by atoms with Gasteiger partial charge in [-0.3, -0.25) is 14.4 Å². The quantitative estimate of drug-likeness (QED) is 0.342. The van der Waals surface area contributed by atoms with Crippen LogP contribution in [0.4, 0.5) is 5.69 Å². The molecule has 1 aliphatic rings. The summed E-state index contributed by atoms with van der Waals surface area (Å²) in [5.41, 5.74) is 3.90. The van der Waals surface area contributed by atoms with Crippen LogP contribution in [0.5, 0.6) is 0 Å². The molecule has 0 aliphatic carbocycles. The van der Waals surface area contributed by atoms with Crippen LogP contribution in [-0.2, 0) is 36.8 Å². The molecule has 0 saturated heterocycles. The lowest BCUT2D eigenvalue weighted by Crippen LogP contribution is -2.36. The van der Waals surface area contributed by atoms with Crippen LogP contribution < -0.4 is 5.32 Å². The molecule has 1 heterocycles. The van der Waals surface area contributed by atoms with Crippen molar-refractivity contribution in [3.05, 3.63) is 101 Å². The molecule has 1 aliphatic heterocycles. The molecule has 210 valence electrons. The van der Waals surface area contributed by atoms with Crippen LogP contribution in [0.1, 0.15) is 47.9 Å². The summed E-state index contributed by atoms with van der Waals surface area (Å²) in [7, 11) is 1.35. The second-order valence-electron chi connectivity index (χ2n) is 9.84.